The van der Waals surface area contributed by atoms with Crippen molar-refractivity contribution in [1.29, 1.82) is 5.26 Å². The summed E-state index contributed by atoms with van der Waals surface area (Å²) >= 11 is 0. The predicted molar refractivity (Wildman–Crippen MR) is 129 cm³/mol. The minimum atomic E-state index is -0.931. The zero-order valence-corrected chi connectivity index (χ0v) is 21.7. The van der Waals surface area contributed by atoms with Crippen molar-refractivity contribution in [2.45, 2.75) is 95.9 Å². The number of rotatable bonds is 5. The molecule has 0 radical (unpaired) electrons. The van der Waals surface area contributed by atoms with Crippen molar-refractivity contribution in [1.82, 2.24) is 0 Å². The van der Waals surface area contributed by atoms with E-state index in [2.05, 4.69) is 39.8 Å². The summed E-state index contributed by atoms with van der Waals surface area (Å²) in [5.74, 6) is 2.20. The molecule has 4 aliphatic carbocycles. The van der Waals surface area contributed by atoms with Crippen molar-refractivity contribution in [3.8, 4) is 17.6 Å². The van der Waals surface area contributed by atoms with E-state index in [0.717, 1.165) is 43.6 Å². The third-order valence-electron chi connectivity index (χ3n) is 11.5. The van der Waals surface area contributed by atoms with Gasteiger partial charge in [-0.15, -0.1) is 0 Å². The minimum Gasteiger partial charge on any atom is -0.493 e. The van der Waals surface area contributed by atoms with Crippen LogP contribution >= 0.6 is 0 Å². The number of nitrogens with zero attached hydrogens (tertiary/aromatic N) is 1. The molecule has 1 heterocycles. The number of hydrogen-bond acceptors (Lipinski definition) is 5. The standard InChI is InChI=1S/C29H39NO4/c1-8-27-11-12-28(33-7,15-25(5,31)24(2,3)4)23-29(27)16-26(18(14-30)22(26)27)13-17-9-10-19(32-6)21(34-23)20(17)29/h9-10,18,22-23,31H,8,11-13,15-16H2,1-7H3/t18-,22+,23-,25?,26?,27+,28-,29-/m0/s1. The predicted octanol–water partition coefficient (Wildman–Crippen LogP) is 5.17. The van der Waals surface area contributed by atoms with Gasteiger partial charge >= 0.3 is 0 Å². The van der Waals surface area contributed by atoms with E-state index in [0.29, 0.717) is 12.3 Å². The van der Waals surface area contributed by atoms with Crippen LogP contribution in [-0.4, -0.2) is 36.6 Å². The van der Waals surface area contributed by atoms with Crippen LogP contribution in [0.1, 0.15) is 77.8 Å². The topological polar surface area (TPSA) is 71.7 Å². The zero-order valence-electron chi connectivity index (χ0n) is 21.7. The highest BCUT2D eigenvalue weighted by Crippen LogP contribution is 2.89. The van der Waals surface area contributed by atoms with Crippen molar-refractivity contribution >= 4 is 0 Å². The summed E-state index contributed by atoms with van der Waals surface area (Å²) < 4.78 is 19.3. The van der Waals surface area contributed by atoms with Crippen LogP contribution in [0.2, 0.25) is 0 Å². The van der Waals surface area contributed by atoms with Crippen LogP contribution in [0.4, 0.5) is 0 Å². The van der Waals surface area contributed by atoms with Crippen molar-refractivity contribution in [3.63, 3.8) is 0 Å². The highest BCUT2D eigenvalue weighted by atomic mass is 16.6. The molecule has 1 N–H and O–H groups in total. The van der Waals surface area contributed by atoms with Gasteiger partial charge in [-0.1, -0.05) is 33.8 Å². The summed E-state index contributed by atoms with van der Waals surface area (Å²) in [6, 6.07) is 6.97. The first-order chi connectivity index (χ1) is 15.9. The molecule has 5 heteroatoms. The fraction of sp³-hybridized carbons (Fsp3) is 0.759. The molecule has 184 valence electrons. The number of nitriles is 1. The molecule has 3 saturated carbocycles. The van der Waals surface area contributed by atoms with Gasteiger partial charge in [-0.25, -0.2) is 0 Å². The Labute approximate surface area is 203 Å². The molecule has 1 aromatic rings. The van der Waals surface area contributed by atoms with Gasteiger partial charge in [-0.2, -0.15) is 5.26 Å². The molecule has 2 bridgehead atoms. The van der Waals surface area contributed by atoms with Gasteiger partial charge in [0.2, 0.25) is 0 Å². The van der Waals surface area contributed by atoms with E-state index in [-0.39, 0.29) is 33.7 Å². The fourth-order valence-electron chi connectivity index (χ4n) is 9.48. The Kier molecular flexibility index (Phi) is 4.21. The normalized spacial score (nSPS) is 44.4. The van der Waals surface area contributed by atoms with E-state index in [1.165, 1.54) is 11.1 Å². The SMILES string of the molecule is CC[C@]12CC[C@@](CC(C)(O)C(C)(C)C)(OC)[C@@H]3Oc4c(OC)ccc5c4[C@@]31CC1(C5)[C@H]2[C@@H]1C#N. The van der Waals surface area contributed by atoms with Gasteiger partial charge in [0.05, 0.1) is 24.7 Å². The van der Waals surface area contributed by atoms with Gasteiger partial charge in [0, 0.05) is 24.5 Å². The lowest BCUT2D eigenvalue weighted by Gasteiger charge is -2.60. The summed E-state index contributed by atoms with van der Waals surface area (Å²) in [6.45, 7) is 10.5. The molecule has 5 nitrogen and oxygen atoms in total. The molecule has 8 atom stereocenters. The van der Waals surface area contributed by atoms with Crippen LogP contribution < -0.4 is 9.47 Å². The van der Waals surface area contributed by atoms with Crippen LogP contribution in [0.25, 0.3) is 0 Å². The van der Waals surface area contributed by atoms with Crippen LogP contribution in [0.3, 0.4) is 0 Å². The van der Waals surface area contributed by atoms with E-state index in [1.54, 1.807) is 14.2 Å². The second-order valence-corrected chi connectivity index (χ2v) is 13.3. The van der Waals surface area contributed by atoms with Crippen LogP contribution in [0.15, 0.2) is 12.1 Å². The third kappa shape index (κ3) is 2.16. The Hall–Kier alpha value is -1.77. The monoisotopic (exact) mass is 465 g/mol. The van der Waals surface area contributed by atoms with Gasteiger partial charge in [-0.05, 0) is 72.8 Å². The van der Waals surface area contributed by atoms with E-state index in [9.17, 15) is 10.4 Å². The smallest absolute Gasteiger partial charge is 0.165 e. The molecule has 2 unspecified atom stereocenters. The number of benzene rings is 1. The molecule has 2 spiro atoms. The lowest BCUT2D eigenvalue weighted by atomic mass is 9.45. The van der Waals surface area contributed by atoms with Crippen molar-refractivity contribution in [3.05, 3.63) is 23.3 Å². The Bertz CT molecular complexity index is 1110. The number of methoxy groups -OCH3 is 2. The maximum atomic E-state index is 11.7. The molecular weight excluding hydrogens is 426 g/mol. The molecule has 0 amide bonds. The van der Waals surface area contributed by atoms with Crippen LogP contribution in [-0.2, 0) is 16.6 Å². The maximum absolute atomic E-state index is 11.7. The van der Waals surface area contributed by atoms with Crippen LogP contribution in [0.5, 0.6) is 11.5 Å². The molecule has 0 aromatic heterocycles. The van der Waals surface area contributed by atoms with E-state index in [4.69, 9.17) is 14.2 Å². The second-order valence-electron chi connectivity index (χ2n) is 13.3. The highest BCUT2D eigenvalue weighted by Gasteiger charge is 2.89. The zero-order chi connectivity index (χ0) is 24.5. The minimum absolute atomic E-state index is 0.0105. The first-order valence-electron chi connectivity index (χ1n) is 13.0. The number of hydrogen-bond donors (Lipinski definition) is 1. The quantitative estimate of drug-likeness (QED) is 0.649. The van der Waals surface area contributed by atoms with E-state index >= 15 is 0 Å². The first kappa shape index (κ1) is 22.7. The van der Waals surface area contributed by atoms with Crippen molar-refractivity contribution < 1.29 is 19.3 Å². The summed E-state index contributed by atoms with van der Waals surface area (Å²) in [5.41, 5.74) is 0.652. The van der Waals surface area contributed by atoms with Gasteiger partial charge in [0.15, 0.2) is 11.5 Å². The third-order valence-corrected chi connectivity index (χ3v) is 11.5. The first-order valence-corrected chi connectivity index (χ1v) is 13.0. The summed E-state index contributed by atoms with van der Waals surface area (Å²) in [5, 5.41) is 21.9. The Morgan fingerprint density at radius 2 is 1.94 bits per heavy atom. The molecular formula is C29H39NO4. The molecule has 6 rings (SSSR count). The number of fused-ring (bicyclic) bond motifs is 1. The Morgan fingerprint density at radius 3 is 2.53 bits per heavy atom. The van der Waals surface area contributed by atoms with E-state index in [1.807, 2.05) is 13.0 Å². The highest BCUT2D eigenvalue weighted by molar-refractivity contribution is 5.65. The molecule has 0 saturated heterocycles. The average molecular weight is 466 g/mol. The second kappa shape index (κ2) is 6.31. The summed E-state index contributed by atoms with van der Waals surface area (Å²) in [4.78, 5) is 0. The van der Waals surface area contributed by atoms with Crippen molar-refractivity contribution in [2.24, 2.45) is 28.1 Å². The van der Waals surface area contributed by atoms with E-state index < -0.39 is 11.2 Å². The summed E-state index contributed by atoms with van der Waals surface area (Å²) in [6.07, 6.45) is 5.10. The molecule has 5 aliphatic rings. The average Bonchev–Trinajstić information content (AvgIpc) is 3.12. The Morgan fingerprint density at radius 1 is 1.21 bits per heavy atom. The van der Waals surface area contributed by atoms with Crippen LogP contribution in [0, 0.1) is 39.4 Å². The lowest BCUT2D eigenvalue weighted by Crippen LogP contribution is -2.68. The van der Waals surface area contributed by atoms with Gasteiger partial charge in [0.25, 0.3) is 0 Å². The molecule has 1 aliphatic heterocycles. The molecule has 3 fully saturated rings. The van der Waals surface area contributed by atoms with Gasteiger partial charge in [0.1, 0.15) is 11.7 Å². The molecule has 34 heavy (non-hydrogen) atoms. The maximum Gasteiger partial charge on any atom is 0.165 e. The summed E-state index contributed by atoms with van der Waals surface area (Å²) in [7, 11) is 3.51. The number of aliphatic hydroxyl groups is 1. The largest absolute Gasteiger partial charge is 0.493 e. The Balaban J connectivity index is 1.60. The fourth-order valence-corrected chi connectivity index (χ4v) is 9.48. The van der Waals surface area contributed by atoms with Gasteiger partial charge in [-0.3, -0.25) is 0 Å². The molecule has 1 aromatic carbocycles. The van der Waals surface area contributed by atoms with Crippen molar-refractivity contribution in [2.75, 3.05) is 14.2 Å². The van der Waals surface area contributed by atoms with Gasteiger partial charge < -0.3 is 19.3 Å². The number of ether oxygens (including phenoxy) is 3. The lowest BCUT2D eigenvalue weighted by molar-refractivity contribution is -0.209.